The van der Waals surface area contributed by atoms with Crippen LogP contribution in [0.15, 0.2) is 24.3 Å². The lowest BCUT2D eigenvalue weighted by Gasteiger charge is -2.29. The fourth-order valence-electron chi connectivity index (χ4n) is 1.94. The molecular formula is C13H12F3N3O3. The van der Waals surface area contributed by atoms with Crippen molar-refractivity contribution in [2.24, 2.45) is 0 Å². The molecule has 0 saturated carbocycles. The lowest BCUT2D eigenvalue weighted by atomic mass is 10.1. The van der Waals surface area contributed by atoms with E-state index >= 15 is 0 Å². The van der Waals surface area contributed by atoms with Gasteiger partial charge in [-0.2, -0.15) is 13.2 Å². The van der Waals surface area contributed by atoms with E-state index in [9.17, 15) is 27.6 Å². The van der Waals surface area contributed by atoms with E-state index < -0.39 is 29.7 Å². The van der Waals surface area contributed by atoms with Crippen LogP contribution in [-0.4, -0.2) is 41.6 Å². The molecule has 2 N–H and O–H groups in total. The molecule has 0 aromatic heterocycles. The van der Waals surface area contributed by atoms with E-state index in [1.165, 1.54) is 29.6 Å². The van der Waals surface area contributed by atoms with Gasteiger partial charge < -0.3 is 5.32 Å². The number of nitrogens with zero attached hydrogens (tertiary/aromatic N) is 1. The van der Waals surface area contributed by atoms with E-state index in [1.54, 1.807) is 12.2 Å². The van der Waals surface area contributed by atoms with Gasteiger partial charge in [0.05, 0.1) is 0 Å². The molecule has 1 aromatic carbocycles. The molecule has 1 aliphatic heterocycles. The van der Waals surface area contributed by atoms with Crippen molar-refractivity contribution in [1.82, 2.24) is 15.5 Å². The summed E-state index contributed by atoms with van der Waals surface area (Å²) in [4.78, 5) is 35.4. The van der Waals surface area contributed by atoms with E-state index in [0.29, 0.717) is 0 Å². The summed E-state index contributed by atoms with van der Waals surface area (Å²) in [6.45, 7) is 1.74. The number of benzene rings is 1. The van der Waals surface area contributed by atoms with Crippen molar-refractivity contribution in [3.05, 3.63) is 35.4 Å². The minimum atomic E-state index is -5.19. The number of likely N-dealkylation sites (N-methyl/N-ethyl adjacent to an activating group) is 1. The van der Waals surface area contributed by atoms with Crippen LogP contribution in [0, 0.1) is 6.92 Å². The van der Waals surface area contributed by atoms with Crippen molar-refractivity contribution >= 4 is 17.8 Å². The summed E-state index contributed by atoms with van der Waals surface area (Å²) in [5, 5.41) is 3.09. The van der Waals surface area contributed by atoms with Gasteiger partial charge in [-0.25, -0.2) is 4.79 Å². The zero-order chi connectivity index (χ0) is 16.7. The summed E-state index contributed by atoms with van der Waals surface area (Å²) in [5.41, 5.74) is -2.71. The highest BCUT2D eigenvalue weighted by Crippen LogP contribution is 2.33. The second-order valence-corrected chi connectivity index (χ2v) is 4.86. The van der Waals surface area contributed by atoms with Gasteiger partial charge in [0, 0.05) is 12.6 Å². The molecule has 0 aliphatic carbocycles. The molecule has 4 amide bonds. The van der Waals surface area contributed by atoms with Crippen LogP contribution in [0.2, 0.25) is 0 Å². The minimum Gasteiger partial charge on any atom is -0.314 e. The summed E-state index contributed by atoms with van der Waals surface area (Å²) in [7, 11) is 0.892. The predicted octanol–water partition coefficient (Wildman–Crippen LogP) is 1.17. The Balaban J connectivity index is 2.37. The Labute approximate surface area is 123 Å². The molecule has 1 saturated heterocycles. The minimum absolute atomic E-state index is 0.0640. The molecule has 1 aromatic rings. The quantitative estimate of drug-likeness (QED) is 0.804. The molecule has 1 heterocycles. The first-order chi connectivity index (χ1) is 10.1. The number of aryl methyl sites for hydroxylation is 1. The van der Waals surface area contributed by atoms with E-state index in [-0.39, 0.29) is 10.5 Å². The van der Waals surface area contributed by atoms with Crippen molar-refractivity contribution in [1.29, 1.82) is 0 Å². The highest BCUT2D eigenvalue weighted by Gasteiger charge is 2.68. The van der Waals surface area contributed by atoms with Crippen molar-refractivity contribution < 1.29 is 27.6 Å². The van der Waals surface area contributed by atoms with Crippen molar-refractivity contribution in [2.75, 3.05) is 7.05 Å². The molecule has 0 radical (unpaired) electrons. The average Bonchev–Trinajstić information content (AvgIpc) is 2.64. The predicted molar refractivity (Wildman–Crippen MR) is 68.7 cm³/mol. The first kappa shape index (κ1) is 15.8. The van der Waals surface area contributed by atoms with Gasteiger partial charge in [0.1, 0.15) is 0 Å². The van der Waals surface area contributed by atoms with Crippen molar-refractivity contribution in [3.8, 4) is 0 Å². The summed E-state index contributed by atoms with van der Waals surface area (Å²) < 4.78 is 39.8. The third-order valence-electron chi connectivity index (χ3n) is 3.26. The number of carbonyl (C=O) groups excluding carboxylic acids is 3. The topological polar surface area (TPSA) is 78.5 Å². The highest BCUT2D eigenvalue weighted by molar-refractivity contribution is 6.10. The molecule has 2 rings (SSSR count). The molecule has 1 unspecified atom stereocenters. The fraction of sp³-hybridized carbons (Fsp3) is 0.308. The SMILES string of the molecule is Cc1ccc(C(=O)NC2(C(F)(F)F)NC(=O)N(C)C2=O)cc1. The van der Waals surface area contributed by atoms with Crippen LogP contribution in [0.25, 0.3) is 0 Å². The Hall–Kier alpha value is -2.58. The maximum Gasteiger partial charge on any atom is 0.440 e. The maximum atomic E-state index is 13.3. The molecule has 22 heavy (non-hydrogen) atoms. The Bertz CT molecular complexity index is 642. The van der Waals surface area contributed by atoms with E-state index in [2.05, 4.69) is 0 Å². The van der Waals surface area contributed by atoms with Crippen LogP contribution >= 0.6 is 0 Å². The van der Waals surface area contributed by atoms with Gasteiger partial charge in [0.2, 0.25) is 0 Å². The Morgan fingerprint density at radius 3 is 2.18 bits per heavy atom. The average molecular weight is 315 g/mol. The smallest absolute Gasteiger partial charge is 0.314 e. The molecule has 0 spiro atoms. The fourth-order valence-corrected chi connectivity index (χ4v) is 1.94. The molecule has 1 fully saturated rings. The number of halogens is 3. The Morgan fingerprint density at radius 1 is 1.23 bits per heavy atom. The number of carbonyl (C=O) groups is 3. The third-order valence-corrected chi connectivity index (χ3v) is 3.26. The number of hydrogen-bond donors (Lipinski definition) is 2. The zero-order valence-electron chi connectivity index (χ0n) is 11.6. The summed E-state index contributed by atoms with van der Waals surface area (Å²) in [5.74, 6) is -2.72. The number of hydrogen-bond acceptors (Lipinski definition) is 3. The summed E-state index contributed by atoms with van der Waals surface area (Å²) >= 11 is 0. The number of urea groups is 1. The molecule has 1 atom stereocenters. The molecular weight excluding hydrogens is 303 g/mol. The van der Waals surface area contributed by atoms with Gasteiger partial charge in [-0.1, -0.05) is 17.7 Å². The van der Waals surface area contributed by atoms with Crippen molar-refractivity contribution in [3.63, 3.8) is 0 Å². The Morgan fingerprint density at radius 2 is 1.77 bits per heavy atom. The van der Waals surface area contributed by atoms with Crippen LogP contribution in [0.3, 0.4) is 0 Å². The van der Waals surface area contributed by atoms with Crippen LogP contribution in [0.5, 0.6) is 0 Å². The number of alkyl halides is 3. The molecule has 9 heteroatoms. The first-order valence-electron chi connectivity index (χ1n) is 6.15. The van der Waals surface area contributed by atoms with Crippen LogP contribution in [0.1, 0.15) is 15.9 Å². The highest BCUT2D eigenvalue weighted by atomic mass is 19.4. The summed E-state index contributed by atoms with van der Waals surface area (Å²) in [6, 6.07) is 4.47. The van der Waals surface area contributed by atoms with Crippen LogP contribution in [-0.2, 0) is 4.79 Å². The lowest BCUT2D eigenvalue weighted by Crippen LogP contribution is -2.69. The van der Waals surface area contributed by atoms with Crippen LogP contribution < -0.4 is 10.6 Å². The molecule has 6 nitrogen and oxygen atoms in total. The van der Waals surface area contributed by atoms with E-state index in [1.807, 2.05) is 0 Å². The first-order valence-corrected chi connectivity index (χ1v) is 6.15. The monoisotopic (exact) mass is 315 g/mol. The van der Waals surface area contributed by atoms with Gasteiger partial charge in [-0.3, -0.25) is 19.8 Å². The molecule has 1 aliphatic rings. The maximum absolute atomic E-state index is 13.3. The van der Waals surface area contributed by atoms with Crippen LogP contribution in [0.4, 0.5) is 18.0 Å². The second-order valence-electron chi connectivity index (χ2n) is 4.86. The number of rotatable bonds is 2. The lowest BCUT2D eigenvalue weighted by molar-refractivity contribution is -0.199. The Kier molecular flexibility index (Phi) is 3.59. The zero-order valence-corrected chi connectivity index (χ0v) is 11.6. The standard InChI is InChI=1S/C13H12F3N3O3/c1-7-3-5-8(6-4-7)9(20)17-12(13(14,15)16)10(21)19(2)11(22)18-12/h3-6H,1-2H3,(H,17,20)(H,18,22). The molecule has 118 valence electrons. The van der Waals surface area contributed by atoms with E-state index in [0.717, 1.165) is 12.6 Å². The van der Waals surface area contributed by atoms with Gasteiger partial charge in [0.15, 0.2) is 0 Å². The number of amides is 4. The van der Waals surface area contributed by atoms with Crippen molar-refractivity contribution in [2.45, 2.75) is 18.8 Å². The number of nitrogens with one attached hydrogen (secondary N) is 2. The largest absolute Gasteiger partial charge is 0.440 e. The van der Waals surface area contributed by atoms with Gasteiger partial charge in [-0.15, -0.1) is 0 Å². The number of imide groups is 1. The van der Waals surface area contributed by atoms with Gasteiger partial charge in [0.25, 0.3) is 17.5 Å². The van der Waals surface area contributed by atoms with Gasteiger partial charge in [-0.05, 0) is 19.1 Å². The summed E-state index contributed by atoms with van der Waals surface area (Å²) in [6.07, 6.45) is -5.19. The van der Waals surface area contributed by atoms with Gasteiger partial charge >= 0.3 is 12.2 Å². The normalized spacial score (nSPS) is 21.8. The van der Waals surface area contributed by atoms with E-state index in [4.69, 9.17) is 0 Å². The third kappa shape index (κ3) is 2.38. The molecule has 0 bridgehead atoms. The second kappa shape index (κ2) is 5.00.